The summed E-state index contributed by atoms with van der Waals surface area (Å²) in [5.41, 5.74) is 1.89. The Hall–Kier alpha value is -1.30. The van der Waals surface area contributed by atoms with Crippen molar-refractivity contribution in [3.8, 4) is 10.6 Å². The van der Waals surface area contributed by atoms with Gasteiger partial charge in [-0.25, -0.2) is 9.37 Å². The Bertz CT molecular complexity index is 524. The van der Waals surface area contributed by atoms with E-state index in [0.29, 0.717) is 13.1 Å². The van der Waals surface area contributed by atoms with Crippen LogP contribution in [-0.2, 0) is 6.54 Å². The van der Waals surface area contributed by atoms with Gasteiger partial charge in [0.2, 0.25) is 0 Å². The van der Waals surface area contributed by atoms with Crippen LogP contribution in [0.3, 0.4) is 0 Å². The molecule has 1 aromatic heterocycles. The Morgan fingerprint density at radius 1 is 1.37 bits per heavy atom. The van der Waals surface area contributed by atoms with Crippen LogP contribution in [0.5, 0.6) is 0 Å². The molecule has 2 rings (SSSR count). The highest BCUT2D eigenvalue weighted by Crippen LogP contribution is 2.24. The lowest BCUT2D eigenvalue weighted by Crippen LogP contribution is -2.26. The molecule has 0 radical (unpaired) electrons. The molecule has 0 unspecified atom stereocenters. The summed E-state index contributed by atoms with van der Waals surface area (Å²) in [6, 6.07) is 6.35. The number of aromatic nitrogens is 1. The van der Waals surface area contributed by atoms with E-state index in [1.807, 2.05) is 17.3 Å². The van der Waals surface area contributed by atoms with Gasteiger partial charge in [-0.1, -0.05) is 0 Å². The summed E-state index contributed by atoms with van der Waals surface area (Å²) in [6.45, 7) is 3.08. The van der Waals surface area contributed by atoms with Crippen molar-refractivity contribution in [3.63, 3.8) is 0 Å². The number of benzene rings is 1. The molecule has 0 spiro atoms. The molecule has 0 saturated heterocycles. The number of thiazole rings is 1. The van der Waals surface area contributed by atoms with Crippen LogP contribution in [0.1, 0.15) is 12.6 Å². The average Bonchev–Trinajstić information content (AvgIpc) is 2.77. The average molecular weight is 280 g/mol. The molecule has 0 bridgehead atoms. The fourth-order valence-corrected chi connectivity index (χ4v) is 2.71. The Kier molecular flexibility index (Phi) is 4.63. The maximum Gasteiger partial charge on any atom is 0.123 e. The molecule has 19 heavy (non-hydrogen) atoms. The molecular weight excluding hydrogens is 263 g/mol. The predicted octanol–water partition coefficient (Wildman–Crippen LogP) is 2.76. The maximum absolute atomic E-state index is 12.9. The Balaban J connectivity index is 2.04. The number of rotatable bonds is 5. The maximum atomic E-state index is 12.9. The van der Waals surface area contributed by atoms with Crippen LogP contribution < -0.4 is 0 Å². The van der Waals surface area contributed by atoms with E-state index >= 15 is 0 Å². The zero-order valence-electron chi connectivity index (χ0n) is 11.0. The molecule has 0 saturated carbocycles. The molecule has 0 aliphatic heterocycles. The van der Waals surface area contributed by atoms with Crippen molar-refractivity contribution >= 4 is 11.3 Å². The third-order valence-corrected chi connectivity index (χ3v) is 3.59. The van der Waals surface area contributed by atoms with Gasteiger partial charge in [-0.05, 0) is 38.2 Å². The number of nitrogens with zero attached hydrogens (tertiary/aromatic N) is 2. The van der Waals surface area contributed by atoms with Gasteiger partial charge in [-0.15, -0.1) is 11.3 Å². The number of aliphatic hydroxyl groups excluding tert-OH is 1. The van der Waals surface area contributed by atoms with E-state index < -0.39 is 0 Å². The smallest absolute Gasteiger partial charge is 0.123 e. The van der Waals surface area contributed by atoms with Gasteiger partial charge in [0.25, 0.3) is 0 Å². The number of hydrogen-bond donors (Lipinski definition) is 1. The molecule has 1 atom stereocenters. The fraction of sp³-hybridized carbons (Fsp3) is 0.357. The Labute approximate surface area is 116 Å². The molecule has 1 N–H and O–H groups in total. The minimum absolute atomic E-state index is 0.239. The highest BCUT2D eigenvalue weighted by atomic mass is 32.1. The number of hydrogen-bond acceptors (Lipinski definition) is 4. The Morgan fingerprint density at radius 2 is 2.05 bits per heavy atom. The van der Waals surface area contributed by atoms with E-state index in [-0.39, 0.29) is 11.9 Å². The van der Waals surface area contributed by atoms with E-state index in [1.54, 1.807) is 30.4 Å². The molecule has 0 aliphatic carbocycles. The van der Waals surface area contributed by atoms with E-state index in [9.17, 15) is 9.50 Å². The largest absolute Gasteiger partial charge is 0.392 e. The summed E-state index contributed by atoms with van der Waals surface area (Å²) in [6.07, 6.45) is -0.347. The second-order valence-corrected chi connectivity index (χ2v) is 5.55. The molecule has 2 aromatic rings. The molecule has 5 heteroatoms. The highest BCUT2D eigenvalue weighted by Gasteiger charge is 2.08. The lowest BCUT2D eigenvalue weighted by molar-refractivity contribution is 0.138. The van der Waals surface area contributed by atoms with Crippen LogP contribution in [0, 0.1) is 5.82 Å². The topological polar surface area (TPSA) is 36.4 Å². The van der Waals surface area contributed by atoms with Gasteiger partial charge in [0.1, 0.15) is 10.8 Å². The van der Waals surface area contributed by atoms with Crippen molar-refractivity contribution in [2.75, 3.05) is 13.6 Å². The first-order chi connectivity index (χ1) is 9.04. The van der Waals surface area contributed by atoms with Crippen molar-refractivity contribution in [1.29, 1.82) is 0 Å². The minimum Gasteiger partial charge on any atom is -0.392 e. The zero-order chi connectivity index (χ0) is 13.8. The van der Waals surface area contributed by atoms with Crippen LogP contribution in [0.4, 0.5) is 4.39 Å². The van der Waals surface area contributed by atoms with Crippen molar-refractivity contribution in [2.24, 2.45) is 0 Å². The first-order valence-electron chi connectivity index (χ1n) is 6.11. The van der Waals surface area contributed by atoms with Crippen LogP contribution in [0.15, 0.2) is 29.6 Å². The second kappa shape index (κ2) is 6.23. The number of aliphatic hydroxyl groups is 1. The summed E-state index contributed by atoms with van der Waals surface area (Å²) in [7, 11) is 1.95. The van der Waals surface area contributed by atoms with E-state index in [1.165, 1.54) is 12.1 Å². The van der Waals surface area contributed by atoms with E-state index in [4.69, 9.17) is 0 Å². The highest BCUT2D eigenvalue weighted by molar-refractivity contribution is 7.13. The van der Waals surface area contributed by atoms with Gasteiger partial charge in [0.05, 0.1) is 11.8 Å². The first-order valence-corrected chi connectivity index (χ1v) is 6.99. The molecular formula is C14H17FN2OS. The van der Waals surface area contributed by atoms with Crippen molar-refractivity contribution in [3.05, 3.63) is 41.2 Å². The van der Waals surface area contributed by atoms with E-state index in [2.05, 4.69) is 4.98 Å². The van der Waals surface area contributed by atoms with Gasteiger partial charge in [-0.3, -0.25) is 4.90 Å². The summed E-state index contributed by atoms with van der Waals surface area (Å²) in [4.78, 5) is 6.55. The third kappa shape index (κ3) is 4.09. The summed E-state index contributed by atoms with van der Waals surface area (Å²) < 4.78 is 12.9. The van der Waals surface area contributed by atoms with Crippen molar-refractivity contribution in [2.45, 2.75) is 19.6 Å². The van der Waals surface area contributed by atoms with E-state index in [0.717, 1.165) is 16.3 Å². The molecule has 1 aromatic carbocycles. The van der Waals surface area contributed by atoms with Crippen LogP contribution >= 0.6 is 11.3 Å². The number of likely N-dealkylation sites (N-methyl/N-ethyl adjacent to an activating group) is 1. The molecule has 1 heterocycles. The monoisotopic (exact) mass is 280 g/mol. The summed E-state index contributed by atoms with van der Waals surface area (Å²) in [5, 5.41) is 12.2. The summed E-state index contributed by atoms with van der Waals surface area (Å²) >= 11 is 1.55. The fourth-order valence-electron chi connectivity index (χ4n) is 1.90. The van der Waals surface area contributed by atoms with Crippen molar-refractivity contribution < 1.29 is 9.50 Å². The number of halogens is 1. The minimum atomic E-state index is -0.347. The van der Waals surface area contributed by atoms with Crippen LogP contribution in [-0.4, -0.2) is 34.7 Å². The molecule has 0 aliphatic rings. The van der Waals surface area contributed by atoms with Crippen molar-refractivity contribution in [1.82, 2.24) is 9.88 Å². The molecule has 102 valence electrons. The van der Waals surface area contributed by atoms with Crippen LogP contribution in [0.25, 0.3) is 10.6 Å². The summed E-state index contributed by atoms with van der Waals surface area (Å²) in [5.74, 6) is -0.239. The third-order valence-electron chi connectivity index (χ3n) is 2.65. The predicted molar refractivity (Wildman–Crippen MR) is 75.5 cm³/mol. The van der Waals surface area contributed by atoms with Gasteiger partial charge in [0, 0.05) is 24.0 Å². The van der Waals surface area contributed by atoms with Gasteiger partial charge in [-0.2, -0.15) is 0 Å². The SMILES string of the molecule is C[C@@H](O)CN(C)Cc1csc(-c2ccc(F)cc2)n1. The molecule has 3 nitrogen and oxygen atoms in total. The zero-order valence-corrected chi connectivity index (χ0v) is 11.8. The molecule has 0 fully saturated rings. The lowest BCUT2D eigenvalue weighted by Gasteiger charge is -2.16. The lowest BCUT2D eigenvalue weighted by atomic mass is 10.2. The Morgan fingerprint density at radius 3 is 2.68 bits per heavy atom. The standard InChI is InChI=1S/C14H17FN2OS/c1-10(18)7-17(2)8-13-9-19-14(16-13)11-3-5-12(15)6-4-11/h3-6,9-10,18H,7-8H2,1-2H3/t10-/m1/s1. The quantitative estimate of drug-likeness (QED) is 0.915. The van der Waals surface area contributed by atoms with Gasteiger partial charge in [0.15, 0.2) is 0 Å². The van der Waals surface area contributed by atoms with Gasteiger partial charge >= 0.3 is 0 Å². The normalized spacial score (nSPS) is 12.9. The van der Waals surface area contributed by atoms with Gasteiger partial charge < -0.3 is 5.11 Å². The molecule has 0 amide bonds. The first kappa shape index (κ1) is 14.1. The van der Waals surface area contributed by atoms with Crippen LogP contribution in [0.2, 0.25) is 0 Å². The second-order valence-electron chi connectivity index (χ2n) is 4.70.